The molecule has 0 aliphatic carbocycles. The Morgan fingerprint density at radius 3 is 2.73 bits per heavy atom. The molecule has 7 heteroatoms. The second-order valence-corrected chi connectivity index (χ2v) is 6.02. The van der Waals surface area contributed by atoms with E-state index in [9.17, 15) is 18.8 Å². The smallest absolute Gasteiger partial charge is 0.328 e. The zero-order valence-corrected chi connectivity index (χ0v) is 14.2. The van der Waals surface area contributed by atoms with E-state index < -0.39 is 11.2 Å². The summed E-state index contributed by atoms with van der Waals surface area (Å²) in [7, 11) is 0. The summed E-state index contributed by atoms with van der Waals surface area (Å²) in [5, 5.41) is 3.17. The number of fused-ring (bicyclic) bond motifs is 1. The lowest BCUT2D eigenvalue weighted by atomic mass is 10.1. The summed E-state index contributed by atoms with van der Waals surface area (Å²) in [4.78, 5) is 38.4. The molecule has 0 saturated heterocycles. The summed E-state index contributed by atoms with van der Waals surface area (Å²) in [5.74, 6) is -0.640. The third kappa shape index (κ3) is 3.72. The van der Waals surface area contributed by atoms with E-state index >= 15 is 0 Å². The quantitative estimate of drug-likeness (QED) is 0.735. The fourth-order valence-electron chi connectivity index (χ4n) is 2.85. The highest BCUT2D eigenvalue weighted by molar-refractivity contribution is 5.79. The summed E-state index contributed by atoms with van der Waals surface area (Å²) < 4.78 is 14.6. The monoisotopic (exact) mass is 355 g/mol. The number of amides is 1. The number of hydrogen-bond donors (Lipinski definition) is 2. The maximum atomic E-state index is 13.3. The van der Waals surface area contributed by atoms with Crippen molar-refractivity contribution in [3.05, 3.63) is 80.7 Å². The van der Waals surface area contributed by atoms with Crippen molar-refractivity contribution >= 4 is 16.8 Å². The van der Waals surface area contributed by atoms with Crippen LogP contribution in [0, 0.1) is 5.82 Å². The van der Waals surface area contributed by atoms with Crippen LogP contribution in [0.4, 0.5) is 4.39 Å². The number of H-pyrrole nitrogens is 1. The maximum absolute atomic E-state index is 13.3. The van der Waals surface area contributed by atoms with E-state index in [1.54, 1.807) is 43.3 Å². The number of hydrogen-bond acceptors (Lipinski definition) is 3. The summed E-state index contributed by atoms with van der Waals surface area (Å²) in [5.41, 5.74) is 0.128. The summed E-state index contributed by atoms with van der Waals surface area (Å²) in [6.45, 7) is 1.88. The van der Waals surface area contributed by atoms with E-state index in [-0.39, 0.29) is 30.7 Å². The van der Waals surface area contributed by atoms with E-state index in [0.717, 1.165) is 0 Å². The van der Waals surface area contributed by atoms with E-state index in [4.69, 9.17) is 0 Å². The minimum absolute atomic E-state index is 0.0512. The minimum Gasteiger partial charge on any atom is -0.350 e. The van der Waals surface area contributed by atoms with Crippen molar-refractivity contribution in [2.75, 3.05) is 0 Å². The third-order valence-electron chi connectivity index (χ3n) is 4.19. The van der Waals surface area contributed by atoms with Crippen LogP contribution in [-0.2, 0) is 11.3 Å². The van der Waals surface area contributed by atoms with E-state index in [1.807, 2.05) is 0 Å². The largest absolute Gasteiger partial charge is 0.350 e. The first-order valence-electron chi connectivity index (χ1n) is 8.22. The van der Waals surface area contributed by atoms with Gasteiger partial charge in [-0.15, -0.1) is 0 Å². The molecule has 1 unspecified atom stereocenters. The summed E-state index contributed by atoms with van der Waals surface area (Å²) >= 11 is 0. The Balaban J connectivity index is 1.73. The highest BCUT2D eigenvalue weighted by Gasteiger charge is 2.12. The molecule has 1 heterocycles. The molecule has 2 N–H and O–H groups in total. The molecule has 3 rings (SSSR count). The Morgan fingerprint density at radius 2 is 1.96 bits per heavy atom. The minimum atomic E-state index is -0.556. The molecular formula is C19H18FN3O3. The predicted molar refractivity (Wildman–Crippen MR) is 96.4 cm³/mol. The van der Waals surface area contributed by atoms with Gasteiger partial charge in [-0.3, -0.25) is 19.1 Å². The maximum Gasteiger partial charge on any atom is 0.328 e. The molecule has 0 spiro atoms. The molecule has 0 aliphatic rings. The highest BCUT2D eigenvalue weighted by Crippen LogP contribution is 2.14. The number of aromatic nitrogens is 2. The number of aromatic amines is 1. The average molecular weight is 355 g/mol. The molecule has 0 radical (unpaired) electrons. The average Bonchev–Trinajstić information content (AvgIpc) is 2.61. The van der Waals surface area contributed by atoms with Crippen LogP contribution >= 0.6 is 0 Å². The van der Waals surface area contributed by atoms with Crippen molar-refractivity contribution < 1.29 is 9.18 Å². The predicted octanol–water partition coefficient (Wildman–Crippen LogP) is 2.10. The summed E-state index contributed by atoms with van der Waals surface area (Å²) in [6.07, 6.45) is 0.0512. The van der Waals surface area contributed by atoms with Crippen molar-refractivity contribution in [1.82, 2.24) is 14.9 Å². The lowest BCUT2D eigenvalue weighted by Gasteiger charge is -2.15. The SMILES string of the molecule is CC(NC(=O)CCn1c(=O)[nH]c(=O)c2ccccc21)c1cccc(F)c1. The van der Waals surface area contributed by atoms with Gasteiger partial charge < -0.3 is 5.32 Å². The Bertz CT molecular complexity index is 1070. The second kappa shape index (κ2) is 7.35. The lowest BCUT2D eigenvalue weighted by molar-refractivity contribution is -0.121. The van der Waals surface area contributed by atoms with Gasteiger partial charge in [0.25, 0.3) is 5.56 Å². The fourth-order valence-corrected chi connectivity index (χ4v) is 2.85. The normalized spacial score (nSPS) is 12.1. The van der Waals surface area contributed by atoms with Gasteiger partial charge in [0.15, 0.2) is 0 Å². The van der Waals surface area contributed by atoms with Crippen LogP contribution in [0.5, 0.6) is 0 Å². The Hall–Kier alpha value is -3.22. The van der Waals surface area contributed by atoms with Crippen LogP contribution in [0.3, 0.4) is 0 Å². The van der Waals surface area contributed by atoms with Crippen LogP contribution in [-0.4, -0.2) is 15.5 Å². The molecule has 26 heavy (non-hydrogen) atoms. The zero-order valence-electron chi connectivity index (χ0n) is 14.2. The lowest BCUT2D eigenvalue weighted by Crippen LogP contribution is -2.33. The molecule has 1 atom stereocenters. The number of halogens is 1. The van der Waals surface area contributed by atoms with Crippen LogP contribution in [0.15, 0.2) is 58.1 Å². The van der Waals surface area contributed by atoms with Gasteiger partial charge in [0.05, 0.1) is 16.9 Å². The van der Waals surface area contributed by atoms with E-state index in [0.29, 0.717) is 16.5 Å². The van der Waals surface area contributed by atoms with E-state index in [2.05, 4.69) is 10.3 Å². The van der Waals surface area contributed by atoms with Crippen molar-refractivity contribution in [2.45, 2.75) is 25.9 Å². The molecule has 134 valence electrons. The van der Waals surface area contributed by atoms with Gasteiger partial charge in [-0.2, -0.15) is 0 Å². The molecule has 3 aromatic rings. The second-order valence-electron chi connectivity index (χ2n) is 6.02. The number of nitrogens with one attached hydrogen (secondary N) is 2. The van der Waals surface area contributed by atoms with Crippen molar-refractivity contribution in [1.29, 1.82) is 0 Å². The van der Waals surface area contributed by atoms with Gasteiger partial charge in [-0.05, 0) is 36.8 Å². The Kier molecular flexibility index (Phi) is 4.97. The molecule has 1 amide bonds. The molecule has 0 aliphatic heterocycles. The van der Waals surface area contributed by atoms with Crippen LogP contribution < -0.4 is 16.6 Å². The highest BCUT2D eigenvalue weighted by atomic mass is 19.1. The number of carbonyl (C=O) groups excluding carboxylic acids is 1. The fraction of sp³-hybridized carbons (Fsp3) is 0.211. The molecule has 0 saturated carbocycles. The van der Waals surface area contributed by atoms with Crippen molar-refractivity contribution in [2.24, 2.45) is 0 Å². The first-order chi connectivity index (χ1) is 12.5. The van der Waals surface area contributed by atoms with Gasteiger partial charge in [0.2, 0.25) is 5.91 Å². The molecule has 0 fully saturated rings. The van der Waals surface area contributed by atoms with Crippen molar-refractivity contribution in [3.63, 3.8) is 0 Å². The number of nitrogens with zero attached hydrogens (tertiary/aromatic N) is 1. The van der Waals surface area contributed by atoms with Crippen molar-refractivity contribution in [3.8, 4) is 0 Å². The van der Waals surface area contributed by atoms with Gasteiger partial charge in [0, 0.05) is 13.0 Å². The molecule has 6 nitrogen and oxygen atoms in total. The number of carbonyl (C=O) groups is 1. The van der Waals surface area contributed by atoms with Gasteiger partial charge in [-0.1, -0.05) is 24.3 Å². The molecule has 2 aromatic carbocycles. The standard InChI is InChI=1S/C19H18FN3O3/c1-12(13-5-4-6-14(20)11-13)21-17(24)9-10-23-16-8-3-2-7-15(16)18(25)22-19(23)26/h2-8,11-12H,9-10H2,1H3,(H,21,24)(H,22,25,26). The van der Waals surface area contributed by atoms with Crippen LogP contribution in [0.1, 0.15) is 24.9 Å². The molecule has 1 aromatic heterocycles. The number of benzene rings is 2. The number of para-hydroxylation sites is 1. The topological polar surface area (TPSA) is 84.0 Å². The Labute approximate surface area is 148 Å². The van der Waals surface area contributed by atoms with Gasteiger partial charge in [0.1, 0.15) is 5.82 Å². The van der Waals surface area contributed by atoms with Crippen LogP contribution in [0.25, 0.3) is 10.9 Å². The van der Waals surface area contributed by atoms with Gasteiger partial charge >= 0.3 is 5.69 Å². The number of aryl methyl sites for hydroxylation is 1. The van der Waals surface area contributed by atoms with Gasteiger partial charge in [-0.25, -0.2) is 9.18 Å². The number of rotatable bonds is 5. The first kappa shape index (κ1) is 17.6. The van der Waals surface area contributed by atoms with Crippen LogP contribution in [0.2, 0.25) is 0 Å². The molecular weight excluding hydrogens is 337 g/mol. The Morgan fingerprint density at radius 1 is 1.19 bits per heavy atom. The first-order valence-corrected chi connectivity index (χ1v) is 8.22. The third-order valence-corrected chi connectivity index (χ3v) is 4.19. The summed E-state index contributed by atoms with van der Waals surface area (Å²) in [6, 6.07) is 12.4. The molecule has 0 bridgehead atoms. The zero-order chi connectivity index (χ0) is 18.7. The van der Waals surface area contributed by atoms with E-state index in [1.165, 1.54) is 16.7 Å².